The SMILES string of the molecule is CC1(C)[C@H](C(=O)O)[C@H]1C(=O)NCCN1CCOCC1. The summed E-state index contributed by atoms with van der Waals surface area (Å²) in [6.45, 7) is 8.29. The van der Waals surface area contributed by atoms with Crippen LogP contribution in [0.3, 0.4) is 0 Å². The van der Waals surface area contributed by atoms with E-state index < -0.39 is 23.2 Å². The van der Waals surface area contributed by atoms with Crippen molar-refractivity contribution in [2.75, 3.05) is 39.4 Å². The van der Waals surface area contributed by atoms with Crippen LogP contribution in [0.5, 0.6) is 0 Å². The lowest BCUT2D eigenvalue weighted by Gasteiger charge is -2.26. The maximum absolute atomic E-state index is 12.0. The second-order valence-corrected chi connectivity index (χ2v) is 5.86. The van der Waals surface area contributed by atoms with Gasteiger partial charge in [-0.05, 0) is 5.41 Å². The molecule has 2 atom stereocenters. The quantitative estimate of drug-likeness (QED) is 0.723. The Kier molecular flexibility index (Phi) is 4.10. The second-order valence-electron chi connectivity index (χ2n) is 5.86. The van der Waals surface area contributed by atoms with E-state index in [2.05, 4.69) is 10.2 Å². The third kappa shape index (κ3) is 3.06. The maximum atomic E-state index is 12.0. The van der Waals surface area contributed by atoms with Crippen molar-refractivity contribution < 1.29 is 19.4 Å². The van der Waals surface area contributed by atoms with E-state index in [0.717, 1.165) is 32.8 Å². The summed E-state index contributed by atoms with van der Waals surface area (Å²) in [5, 5.41) is 11.9. The monoisotopic (exact) mass is 270 g/mol. The number of carboxylic acids is 1. The molecule has 1 saturated heterocycles. The summed E-state index contributed by atoms with van der Waals surface area (Å²) in [5.74, 6) is -1.95. The largest absolute Gasteiger partial charge is 0.481 e. The molecule has 0 aromatic rings. The van der Waals surface area contributed by atoms with Crippen molar-refractivity contribution in [3.8, 4) is 0 Å². The zero-order valence-electron chi connectivity index (χ0n) is 11.5. The number of nitrogens with zero attached hydrogens (tertiary/aromatic N) is 1. The van der Waals surface area contributed by atoms with Gasteiger partial charge in [0.25, 0.3) is 0 Å². The Bertz CT molecular complexity index is 364. The predicted molar refractivity (Wildman–Crippen MR) is 68.7 cm³/mol. The molecule has 0 aromatic heterocycles. The number of carboxylic acid groups (broad SMARTS) is 1. The number of aliphatic carboxylic acids is 1. The molecule has 108 valence electrons. The van der Waals surface area contributed by atoms with Crippen LogP contribution in [0.4, 0.5) is 0 Å². The van der Waals surface area contributed by atoms with E-state index in [1.807, 2.05) is 13.8 Å². The average molecular weight is 270 g/mol. The van der Waals surface area contributed by atoms with Crippen molar-refractivity contribution >= 4 is 11.9 Å². The number of carbonyl (C=O) groups excluding carboxylic acids is 1. The van der Waals surface area contributed by atoms with Crippen molar-refractivity contribution in [2.24, 2.45) is 17.3 Å². The van der Waals surface area contributed by atoms with Gasteiger partial charge in [-0.15, -0.1) is 0 Å². The Morgan fingerprint density at radius 3 is 2.47 bits per heavy atom. The number of nitrogens with one attached hydrogen (secondary N) is 1. The van der Waals surface area contributed by atoms with Crippen molar-refractivity contribution in [2.45, 2.75) is 13.8 Å². The standard InChI is InChI=1S/C13H22N2O4/c1-13(2)9(10(13)12(17)18)11(16)14-3-4-15-5-7-19-8-6-15/h9-10H,3-8H2,1-2H3,(H,14,16)(H,17,18)/t9-,10-/m0/s1. The van der Waals surface area contributed by atoms with Gasteiger partial charge >= 0.3 is 5.97 Å². The minimum Gasteiger partial charge on any atom is -0.481 e. The summed E-state index contributed by atoms with van der Waals surface area (Å²) in [5.41, 5.74) is -0.422. The molecule has 1 aliphatic carbocycles. The lowest BCUT2D eigenvalue weighted by molar-refractivity contribution is -0.140. The fourth-order valence-corrected chi connectivity index (χ4v) is 2.86. The topological polar surface area (TPSA) is 78.9 Å². The third-order valence-electron chi connectivity index (χ3n) is 4.21. The van der Waals surface area contributed by atoms with Crippen LogP contribution in [0.2, 0.25) is 0 Å². The minimum atomic E-state index is -0.877. The highest BCUT2D eigenvalue weighted by molar-refractivity contribution is 5.91. The Hall–Kier alpha value is -1.14. The fraction of sp³-hybridized carbons (Fsp3) is 0.846. The number of hydrogen-bond acceptors (Lipinski definition) is 4. The molecule has 6 nitrogen and oxygen atoms in total. The maximum Gasteiger partial charge on any atom is 0.307 e. The zero-order valence-corrected chi connectivity index (χ0v) is 11.5. The summed E-state index contributed by atoms with van der Waals surface area (Å²) in [6.07, 6.45) is 0. The van der Waals surface area contributed by atoms with Gasteiger partial charge in [-0.2, -0.15) is 0 Å². The number of rotatable bonds is 5. The van der Waals surface area contributed by atoms with Crippen molar-refractivity contribution in [3.05, 3.63) is 0 Å². The molecule has 2 N–H and O–H groups in total. The Balaban J connectivity index is 1.72. The van der Waals surface area contributed by atoms with Gasteiger partial charge in [-0.1, -0.05) is 13.8 Å². The van der Waals surface area contributed by atoms with E-state index in [0.29, 0.717) is 6.54 Å². The molecule has 2 aliphatic rings. The van der Waals surface area contributed by atoms with Crippen molar-refractivity contribution in [1.29, 1.82) is 0 Å². The van der Waals surface area contributed by atoms with Crippen molar-refractivity contribution in [1.82, 2.24) is 10.2 Å². The second kappa shape index (κ2) is 5.46. The van der Waals surface area contributed by atoms with E-state index in [1.54, 1.807) is 0 Å². The Morgan fingerprint density at radius 2 is 1.95 bits per heavy atom. The zero-order chi connectivity index (χ0) is 14.0. The summed E-state index contributed by atoms with van der Waals surface area (Å²) in [4.78, 5) is 25.2. The number of ether oxygens (including phenoxy) is 1. The van der Waals surface area contributed by atoms with Crippen LogP contribution < -0.4 is 5.32 Å². The molecule has 1 heterocycles. The Labute approximate surface area is 113 Å². The highest BCUT2D eigenvalue weighted by atomic mass is 16.5. The molecular formula is C13H22N2O4. The van der Waals surface area contributed by atoms with Crippen molar-refractivity contribution in [3.63, 3.8) is 0 Å². The first-order valence-electron chi connectivity index (χ1n) is 6.75. The van der Waals surface area contributed by atoms with E-state index in [1.165, 1.54) is 0 Å². The first-order chi connectivity index (χ1) is 8.94. The van der Waals surface area contributed by atoms with Gasteiger partial charge < -0.3 is 15.2 Å². The predicted octanol–water partition coefficient (Wildman–Crippen LogP) is -0.208. The van der Waals surface area contributed by atoms with Crippen LogP contribution in [0.25, 0.3) is 0 Å². The van der Waals surface area contributed by atoms with E-state index in [9.17, 15) is 9.59 Å². The summed E-state index contributed by atoms with van der Waals surface area (Å²) >= 11 is 0. The molecule has 0 radical (unpaired) electrons. The number of carbonyl (C=O) groups is 2. The summed E-state index contributed by atoms with van der Waals surface area (Å²) in [7, 11) is 0. The molecule has 1 amide bonds. The molecule has 2 fully saturated rings. The molecule has 0 aromatic carbocycles. The van der Waals surface area contributed by atoms with E-state index in [-0.39, 0.29) is 5.91 Å². The molecule has 0 bridgehead atoms. The molecule has 0 spiro atoms. The average Bonchev–Trinajstić information content (AvgIpc) is 2.94. The first-order valence-corrected chi connectivity index (χ1v) is 6.75. The van der Waals surface area contributed by atoms with Crippen LogP contribution in [-0.4, -0.2) is 61.3 Å². The third-order valence-corrected chi connectivity index (χ3v) is 4.21. The van der Waals surface area contributed by atoms with Gasteiger partial charge in [0.05, 0.1) is 25.0 Å². The lowest BCUT2D eigenvalue weighted by atomic mass is 10.1. The van der Waals surface area contributed by atoms with Crippen LogP contribution in [0.15, 0.2) is 0 Å². The molecular weight excluding hydrogens is 248 g/mol. The summed E-state index contributed by atoms with van der Waals surface area (Å²) < 4.78 is 5.25. The van der Waals surface area contributed by atoms with Crippen LogP contribution >= 0.6 is 0 Å². The van der Waals surface area contributed by atoms with Crippen LogP contribution in [0, 0.1) is 17.3 Å². The molecule has 1 aliphatic heterocycles. The summed E-state index contributed by atoms with van der Waals surface area (Å²) in [6, 6.07) is 0. The normalized spacial score (nSPS) is 29.8. The van der Waals surface area contributed by atoms with Gasteiger partial charge in [-0.25, -0.2) is 0 Å². The van der Waals surface area contributed by atoms with Gasteiger partial charge in [0.1, 0.15) is 0 Å². The fourth-order valence-electron chi connectivity index (χ4n) is 2.86. The highest BCUT2D eigenvalue weighted by Gasteiger charge is 2.65. The molecule has 1 saturated carbocycles. The number of morpholine rings is 1. The highest BCUT2D eigenvalue weighted by Crippen LogP contribution is 2.58. The minimum absolute atomic E-state index is 0.134. The van der Waals surface area contributed by atoms with Crippen LogP contribution in [-0.2, 0) is 14.3 Å². The number of amides is 1. The van der Waals surface area contributed by atoms with Gasteiger partial charge in [-0.3, -0.25) is 14.5 Å². The van der Waals surface area contributed by atoms with E-state index >= 15 is 0 Å². The van der Waals surface area contributed by atoms with E-state index in [4.69, 9.17) is 9.84 Å². The van der Waals surface area contributed by atoms with Gasteiger partial charge in [0.15, 0.2) is 0 Å². The lowest BCUT2D eigenvalue weighted by Crippen LogP contribution is -2.41. The van der Waals surface area contributed by atoms with Crippen LogP contribution in [0.1, 0.15) is 13.8 Å². The smallest absolute Gasteiger partial charge is 0.307 e. The van der Waals surface area contributed by atoms with Gasteiger partial charge in [0.2, 0.25) is 5.91 Å². The molecule has 2 rings (SSSR count). The first kappa shape index (κ1) is 14.3. The molecule has 6 heteroatoms. The molecule has 19 heavy (non-hydrogen) atoms. The molecule has 0 unspecified atom stereocenters. The Morgan fingerprint density at radius 1 is 1.32 bits per heavy atom. The van der Waals surface area contributed by atoms with Gasteiger partial charge in [0, 0.05) is 26.2 Å². The number of hydrogen-bond donors (Lipinski definition) is 2.